The summed E-state index contributed by atoms with van der Waals surface area (Å²) in [4.78, 5) is 0.595. The van der Waals surface area contributed by atoms with Crippen LogP contribution in [0.5, 0.6) is 0 Å². The van der Waals surface area contributed by atoms with Crippen LogP contribution in [-0.4, -0.2) is 0 Å². The van der Waals surface area contributed by atoms with Gasteiger partial charge in [-0.25, -0.2) is 4.39 Å². The molecule has 0 aromatic heterocycles. The summed E-state index contributed by atoms with van der Waals surface area (Å²) in [5.74, 6) is -0.500. The molecule has 0 heterocycles. The standard InChI is InChI=1S/C7H4FNS.ClH/c8-7-2-1-6(10)3-5(7)4-9;/h1-3,10H;1H. The Morgan fingerprint density at radius 2 is 2.09 bits per heavy atom. The van der Waals surface area contributed by atoms with E-state index in [-0.39, 0.29) is 18.0 Å². The minimum atomic E-state index is -0.500. The van der Waals surface area contributed by atoms with Crippen LogP contribution in [0.2, 0.25) is 0 Å². The topological polar surface area (TPSA) is 23.8 Å². The molecule has 0 aliphatic carbocycles. The Morgan fingerprint density at radius 3 is 2.55 bits per heavy atom. The first-order valence-corrected chi connectivity index (χ1v) is 3.07. The molecule has 0 atom stereocenters. The van der Waals surface area contributed by atoms with Crippen molar-refractivity contribution in [3.05, 3.63) is 29.6 Å². The van der Waals surface area contributed by atoms with Gasteiger partial charge in [-0.2, -0.15) is 5.26 Å². The molecular weight excluding hydrogens is 185 g/mol. The maximum Gasteiger partial charge on any atom is 0.141 e. The molecule has 0 N–H and O–H groups in total. The van der Waals surface area contributed by atoms with Crippen LogP contribution in [0.3, 0.4) is 0 Å². The number of hydrogen-bond acceptors (Lipinski definition) is 2. The molecule has 4 heteroatoms. The summed E-state index contributed by atoms with van der Waals surface area (Å²) >= 11 is 3.94. The van der Waals surface area contributed by atoms with Crippen molar-refractivity contribution in [2.24, 2.45) is 0 Å². The highest BCUT2D eigenvalue weighted by atomic mass is 35.5. The van der Waals surface area contributed by atoms with E-state index in [1.807, 2.05) is 0 Å². The second-order valence-corrected chi connectivity index (χ2v) is 2.29. The molecule has 1 aromatic carbocycles. The molecule has 0 radical (unpaired) electrons. The van der Waals surface area contributed by atoms with Gasteiger partial charge in [-0.15, -0.1) is 25.0 Å². The number of rotatable bonds is 0. The molecule has 0 saturated heterocycles. The van der Waals surface area contributed by atoms with Crippen molar-refractivity contribution in [3.63, 3.8) is 0 Å². The van der Waals surface area contributed by atoms with Gasteiger partial charge in [0.05, 0.1) is 5.56 Å². The summed E-state index contributed by atoms with van der Waals surface area (Å²) in [6.45, 7) is 0. The molecule has 0 amide bonds. The van der Waals surface area contributed by atoms with Crippen molar-refractivity contribution >= 4 is 25.0 Å². The van der Waals surface area contributed by atoms with Gasteiger partial charge in [0.1, 0.15) is 11.9 Å². The maximum absolute atomic E-state index is 12.5. The molecule has 1 rings (SSSR count). The van der Waals surface area contributed by atoms with Crippen LogP contribution < -0.4 is 0 Å². The van der Waals surface area contributed by atoms with Crippen molar-refractivity contribution in [1.29, 1.82) is 5.26 Å². The molecule has 1 aromatic rings. The fraction of sp³-hybridized carbons (Fsp3) is 0. The summed E-state index contributed by atoms with van der Waals surface area (Å²) in [5.41, 5.74) is 0.0347. The third kappa shape index (κ3) is 2.41. The Balaban J connectivity index is 0.000001000. The van der Waals surface area contributed by atoms with Crippen molar-refractivity contribution in [1.82, 2.24) is 0 Å². The predicted octanol–water partition coefficient (Wildman–Crippen LogP) is 2.41. The lowest BCUT2D eigenvalue weighted by atomic mass is 10.2. The number of nitriles is 1. The number of halogens is 2. The predicted molar refractivity (Wildman–Crippen MR) is 45.6 cm³/mol. The third-order valence-corrected chi connectivity index (χ3v) is 1.35. The van der Waals surface area contributed by atoms with E-state index in [4.69, 9.17) is 5.26 Å². The molecule has 11 heavy (non-hydrogen) atoms. The minimum Gasteiger partial charge on any atom is -0.206 e. The van der Waals surface area contributed by atoms with E-state index in [9.17, 15) is 4.39 Å². The van der Waals surface area contributed by atoms with Gasteiger partial charge in [0.2, 0.25) is 0 Å². The average Bonchev–Trinajstić information content (AvgIpc) is 1.94. The summed E-state index contributed by atoms with van der Waals surface area (Å²) in [6, 6.07) is 5.82. The van der Waals surface area contributed by atoms with Gasteiger partial charge >= 0.3 is 0 Å². The molecule has 0 spiro atoms. The zero-order valence-corrected chi connectivity index (χ0v) is 7.12. The Bertz CT molecular complexity index is 295. The lowest BCUT2D eigenvalue weighted by Crippen LogP contribution is -1.81. The Kier molecular flexibility index (Phi) is 3.94. The van der Waals surface area contributed by atoms with Crippen molar-refractivity contribution in [2.45, 2.75) is 4.90 Å². The molecule has 0 aliphatic heterocycles. The van der Waals surface area contributed by atoms with Crippen LogP contribution in [0.15, 0.2) is 23.1 Å². The largest absolute Gasteiger partial charge is 0.206 e. The lowest BCUT2D eigenvalue weighted by Gasteiger charge is -1.92. The average molecular weight is 190 g/mol. The lowest BCUT2D eigenvalue weighted by molar-refractivity contribution is 0.622. The van der Waals surface area contributed by atoms with E-state index in [1.54, 1.807) is 6.07 Å². The zero-order valence-electron chi connectivity index (χ0n) is 5.41. The molecule has 58 valence electrons. The third-order valence-electron chi connectivity index (χ3n) is 1.07. The molecule has 0 bridgehead atoms. The first kappa shape index (κ1) is 10.3. The van der Waals surface area contributed by atoms with Crippen molar-refractivity contribution in [2.75, 3.05) is 0 Å². The van der Waals surface area contributed by atoms with Crippen LogP contribution in [0.4, 0.5) is 4.39 Å². The summed E-state index contributed by atoms with van der Waals surface area (Å²) in [7, 11) is 0. The van der Waals surface area contributed by atoms with Gasteiger partial charge in [-0.1, -0.05) is 0 Å². The van der Waals surface area contributed by atoms with Crippen LogP contribution in [0, 0.1) is 17.1 Å². The van der Waals surface area contributed by atoms with Crippen molar-refractivity contribution < 1.29 is 4.39 Å². The summed E-state index contributed by atoms with van der Waals surface area (Å²) < 4.78 is 12.5. The molecular formula is C7H5ClFNS. The molecule has 0 aliphatic rings. The smallest absolute Gasteiger partial charge is 0.141 e. The molecule has 0 fully saturated rings. The molecule has 0 saturated carbocycles. The summed E-state index contributed by atoms with van der Waals surface area (Å²) in [5, 5.41) is 8.32. The van der Waals surface area contributed by atoms with Crippen LogP contribution >= 0.6 is 25.0 Å². The van der Waals surface area contributed by atoms with Crippen LogP contribution in [0.25, 0.3) is 0 Å². The summed E-state index contributed by atoms with van der Waals surface area (Å²) in [6.07, 6.45) is 0. The van der Waals surface area contributed by atoms with E-state index < -0.39 is 5.82 Å². The van der Waals surface area contributed by atoms with E-state index >= 15 is 0 Å². The fourth-order valence-electron chi connectivity index (χ4n) is 0.599. The van der Waals surface area contributed by atoms with Crippen molar-refractivity contribution in [3.8, 4) is 6.07 Å². The number of thiol groups is 1. The number of benzene rings is 1. The van der Waals surface area contributed by atoms with E-state index in [1.165, 1.54) is 18.2 Å². The number of hydrogen-bond donors (Lipinski definition) is 1. The quantitative estimate of drug-likeness (QED) is 0.623. The zero-order chi connectivity index (χ0) is 7.56. The maximum atomic E-state index is 12.5. The monoisotopic (exact) mass is 189 g/mol. The highest BCUT2D eigenvalue weighted by Gasteiger charge is 1.98. The molecule has 0 unspecified atom stereocenters. The fourth-order valence-corrected chi connectivity index (χ4v) is 0.803. The first-order valence-electron chi connectivity index (χ1n) is 2.62. The van der Waals surface area contributed by atoms with Gasteiger partial charge in [-0.05, 0) is 18.2 Å². The normalized spacial score (nSPS) is 8.09. The van der Waals surface area contributed by atoms with E-state index in [0.29, 0.717) is 4.90 Å². The SMILES string of the molecule is Cl.N#Cc1cc(S)ccc1F. The highest BCUT2D eigenvalue weighted by Crippen LogP contribution is 2.11. The van der Waals surface area contributed by atoms with Crippen LogP contribution in [-0.2, 0) is 0 Å². The van der Waals surface area contributed by atoms with Crippen LogP contribution in [0.1, 0.15) is 5.56 Å². The first-order chi connectivity index (χ1) is 4.74. The second-order valence-electron chi connectivity index (χ2n) is 1.78. The minimum absolute atomic E-state index is 0. The number of nitrogens with zero attached hydrogens (tertiary/aromatic N) is 1. The van der Waals surface area contributed by atoms with Gasteiger partial charge in [0, 0.05) is 4.90 Å². The van der Waals surface area contributed by atoms with E-state index in [2.05, 4.69) is 12.6 Å². The second kappa shape index (κ2) is 4.22. The van der Waals surface area contributed by atoms with Gasteiger partial charge in [0.15, 0.2) is 0 Å². The molecule has 1 nitrogen and oxygen atoms in total. The Hall–Kier alpha value is -0.720. The van der Waals surface area contributed by atoms with E-state index in [0.717, 1.165) is 0 Å². The van der Waals surface area contributed by atoms with Gasteiger partial charge < -0.3 is 0 Å². The highest BCUT2D eigenvalue weighted by molar-refractivity contribution is 7.80. The van der Waals surface area contributed by atoms with Gasteiger partial charge in [0.25, 0.3) is 0 Å². The Labute approximate surface area is 75.7 Å². The Morgan fingerprint density at radius 1 is 1.45 bits per heavy atom. The van der Waals surface area contributed by atoms with Gasteiger partial charge in [-0.3, -0.25) is 0 Å².